The molecule has 0 radical (unpaired) electrons. The SMILES string of the molecule is CC/C=C\C/C=C\C/C=C\C/C=C\C/C=C\CCCC(=O)OC(COC(=O)CC/C=C\C/C=C\C/C=C\C/C=C\C/C=C\CC)COC(=O)CCCCCCCCCCCCCCCCCCCCC. The fraction of sp³-hybridized carbons (Fsp3) is 0.641. The zero-order valence-corrected chi connectivity index (χ0v) is 45.2. The molecule has 1 unspecified atom stereocenters. The molecular formula is C64H104O6. The van der Waals surface area contributed by atoms with E-state index in [1.54, 1.807) is 0 Å². The summed E-state index contributed by atoms with van der Waals surface area (Å²) in [6.07, 6.45) is 79.3. The molecule has 0 aromatic carbocycles. The first-order valence-corrected chi connectivity index (χ1v) is 28.5. The lowest BCUT2D eigenvalue weighted by molar-refractivity contribution is -0.166. The molecule has 0 fully saturated rings. The van der Waals surface area contributed by atoms with Crippen molar-refractivity contribution in [3.05, 3.63) is 122 Å². The van der Waals surface area contributed by atoms with Gasteiger partial charge in [-0.1, -0.05) is 258 Å². The number of hydrogen-bond donors (Lipinski definition) is 0. The summed E-state index contributed by atoms with van der Waals surface area (Å²) in [7, 11) is 0. The number of ether oxygens (including phenoxy) is 3. The third-order valence-electron chi connectivity index (χ3n) is 11.7. The van der Waals surface area contributed by atoms with Gasteiger partial charge in [-0.25, -0.2) is 0 Å². The van der Waals surface area contributed by atoms with Crippen molar-refractivity contribution >= 4 is 17.9 Å². The summed E-state index contributed by atoms with van der Waals surface area (Å²) >= 11 is 0. The van der Waals surface area contributed by atoms with Gasteiger partial charge in [-0.15, -0.1) is 0 Å². The third-order valence-corrected chi connectivity index (χ3v) is 11.7. The van der Waals surface area contributed by atoms with Crippen LogP contribution in [-0.2, 0) is 28.6 Å². The second-order valence-corrected chi connectivity index (χ2v) is 18.4. The average Bonchev–Trinajstić information content (AvgIpc) is 3.36. The molecule has 0 N–H and O–H groups in total. The van der Waals surface area contributed by atoms with Crippen molar-refractivity contribution in [2.24, 2.45) is 0 Å². The highest BCUT2D eigenvalue weighted by Crippen LogP contribution is 2.15. The molecule has 0 aromatic rings. The van der Waals surface area contributed by atoms with Crippen molar-refractivity contribution < 1.29 is 28.6 Å². The maximum atomic E-state index is 12.8. The van der Waals surface area contributed by atoms with Crippen molar-refractivity contribution in [3.63, 3.8) is 0 Å². The predicted molar refractivity (Wildman–Crippen MR) is 302 cm³/mol. The Kier molecular flexibility index (Phi) is 54.0. The predicted octanol–water partition coefficient (Wildman–Crippen LogP) is 19.3. The summed E-state index contributed by atoms with van der Waals surface area (Å²) in [6.45, 7) is 6.31. The van der Waals surface area contributed by atoms with Crippen LogP contribution in [0.1, 0.15) is 245 Å². The topological polar surface area (TPSA) is 78.9 Å². The van der Waals surface area contributed by atoms with Gasteiger partial charge >= 0.3 is 17.9 Å². The lowest BCUT2D eigenvalue weighted by atomic mass is 10.0. The normalized spacial score (nSPS) is 13.0. The van der Waals surface area contributed by atoms with Crippen molar-refractivity contribution in [1.82, 2.24) is 0 Å². The molecule has 0 rings (SSSR count). The van der Waals surface area contributed by atoms with Crippen LogP contribution in [-0.4, -0.2) is 37.2 Å². The molecule has 0 aromatic heterocycles. The summed E-state index contributed by atoms with van der Waals surface area (Å²) in [4.78, 5) is 38.1. The van der Waals surface area contributed by atoms with Crippen LogP contribution in [0.2, 0.25) is 0 Å². The minimum Gasteiger partial charge on any atom is -0.462 e. The van der Waals surface area contributed by atoms with E-state index in [1.807, 2.05) is 12.2 Å². The molecule has 0 aliphatic carbocycles. The van der Waals surface area contributed by atoms with Gasteiger partial charge in [0.25, 0.3) is 0 Å². The highest BCUT2D eigenvalue weighted by Gasteiger charge is 2.19. The van der Waals surface area contributed by atoms with Gasteiger partial charge in [0.1, 0.15) is 13.2 Å². The lowest BCUT2D eigenvalue weighted by Crippen LogP contribution is -2.30. The van der Waals surface area contributed by atoms with Gasteiger partial charge in [-0.2, -0.15) is 0 Å². The number of unbranched alkanes of at least 4 members (excludes halogenated alkanes) is 19. The van der Waals surface area contributed by atoms with Crippen LogP contribution in [0.3, 0.4) is 0 Å². The Morgan fingerprint density at radius 1 is 0.300 bits per heavy atom. The van der Waals surface area contributed by atoms with E-state index < -0.39 is 6.10 Å². The van der Waals surface area contributed by atoms with Gasteiger partial charge in [-0.05, 0) is 89.9 Å². The van der Waals surface area contributed by atoms with E-state index >= 15 is 0 Å². The Bertz CT molecular complexity index is 1490. The lowest BCUT2D eigenvalue weighted by Gasteiger charge is -2.18. The van der Waals surface area contributed by atoms with Gasteiger partial charge in [0.2, 0.25) is 0 Å². The Hall–Kier alpha value is -4.19. The van der Waals surface area contributed by atoms with Gasteiger partial charge in [0, 0.05) is 19.3 Å². The first-order valence-electron chi connectivity index (χ1n) is 28.5. The fourth-order valence-electron chi connectivity index (χ4n) is 7.53. The Morgan fingerprint density at radius 3 is 0.943 bits per heavy atom. The van der Waals surface area contributed by atoms with E-state index in [-0.39, 0.29) is 44.0 Å². The second kappa shape index (κ2) is 57.4. The Balaban J connectivity index is 4.54. The van der Waals surface area contributed by atoms with E-state index in [4.69, 9.17) is 14.2 Å². The van der Waals surface area contributed by atoms with Crippen LogP contribution in [0.5, 0.6) is 0 Å². The Labute approximate surface area is 431 Å². The third kappa shape index (κ3) is 54.7. The molecule has 0 aliphatic rings. The molecule has 1 atom stereocenters. The molecule has 396 valence electrons. The van der Waals surface area contributed by atoms with E-state index in [2.05, 4.69) is 130 Å². The number of esters is 3. The molecule has 0 amide bonds. The molecule has 70 heavy (non-hydrogen) atoms. The van der Waals surface area contributed by atoms with Crippen LogP contribution < -0.4 is 0 Å². The summed E-state index contributed by atoms with van der Waals surface area (Å²) in [5.41, 5.74) is 0. The van der Waals surface area contributed by atoms with Gasteiger partial charge < -0.3 is 14.2 Å². The number of carbonyl (C=O) groups excluding carboxylic acids is 3. The van der Waals surface area contributed by atoms with Gasteiger partial charge in [0.15, 0.2) is 6.10 Å². The summed E-state index contributed by atoms with van der Waals surface area (Å²) < 4.78 is 16.7. The molecule has 0 spiro atoms. The first-order chi connectivity index (χ1) is 34.5. The molecule has 6 heteroatoms. The monoisotopic (exact) mass is 969 g/mol. The molecular weight excluding hydrogens is 865 g/mol. The summed E-state index contributed by atoms with van der Waals surface area (Å²) in [5, 5.41) is 0. The zero-order valence-electron chi connectivity index (χ0n) is 45.2. The van der Waals surface area contributed by atoms with Crippen LogP contribution >= 0.6 is 0 Å². The maximum absolute atomic E-state index is 12.8. The molecule has 0 aliphatic heterocycles. The van der Waals surface area contributed by atoms with Gasteiger partial charge in [-0.3, -0.25) is 14.4 Å². The van der Waals surface area contributed by atoms with Crippen molar-refractivity contribution in [2.75, 3.05) is 13.2 Å². The summed E-state index contributed by atoms with van der Waals surface area (Å²) in [5.74, 6) is -1.07. The van der Waals surface area contributed by atoms with E-state index in [1.165, 1.54) is 103 Å². The van der Waals surface area contributed by atoms with Gasteiger partial charge in [0.05, 0.1) is 0 Å². The summed E-state index contributed by atoms with van der Waals surface area (Å²) in [6, 6.07) is 0. The molecule has 6 nitrogen and oxygen atoms in total. The maximum Gasteiger partial charge on any atom is 0.306 e. The first kappa shape index (κ1) is 65.8. The van der Waals surface area contributed by atoms with E-state index in [0.29, 0.717) is 19.3 Å². The highest BCUT2D eigenvalue weighted by atomic mass is 16.6. The van der Waals surface area contributed by atoms with E-state index in [9.17, 15) is 14.4 Å². The zero-order chi connectivity index (χ0) is 50.7. The molecule has 0 bridgehead atoms. The fourth-order valence-corrected chi connectivity index (χ4v) is 7.53. The van der Waals surface area contributed by atoms with Crippen LogP contribution in [0.4, 0.5) is 0 Å². The van der Waals surface area contributed by atoms with Crippen molar-refractivity contribution in [2.45, 2.75) is 252 Å². The number of hydrogen-bond acceptors (Lipinski definition) is 6. The second-order valence-electron chi connectivity index (χ2n) is 18.4. The van der Waals surface area contributed by atoms with E-state index in [0.717, 1.165) is 89.9 Å². The smallest absolute Gasteiger partial charge is 0.306 e. The average molecular weight is 970 g/mol. The minimum atomic E-state index is -0.840. The highest BCUT2D eigenvalue weighted by molar-refractivity contribution is 5.71. The molecule has 0 saturated heterocycles. The quantitative estimate of drug-likeness (QED) is 0.0262. The van der Waals surface area contributed by atoms with Crippen molar-refractivity contribution in [1.29, 1.82) is 0 Å². The van der Waals surface area contributed by atoms with Crippen LogP contribution in [0.15, 0.2) is 122 Å². The standard InChI is InChI=1S/C64H104O6/c1-4-7-10-13-16-19-22-25-28-31-32-34-36-39-42-45-48-51-54-57-63(66)69-60-61(59-68-62(65)56-53-50-47-44-41-38-35-30-27-24-21-18-15-12-9-6-3)70-64(67)58-55-52-49-46-43-40-37-33-29-26-23-20-17-14-11-8-5-2/h8-9,11-12,17-18,20-21,26-27,29-30,37-38,40-41,46-47,49-50,61H,4-7,10,13-16,19,22-25,28,31-36,39,42-45,48,51-60H2,1-3H3/b11-8-,12-9-,20-17-,21-18-,29-26-,30-27-,40-37-,41-38-,49-46-,50-47-. The number of allylic oxidation sites excluding steroid dienone is 20. The van der Waals surface area contributed by atoms with Crippen molar-refractivity contribution in [3.8, 4) is 0 Å². The van der Waals surface area contributed by atoms with Crippen LogP contribution in [0.25, 0.3) is 0 Å². The molecule has 0 saturated carbocycles. The Morgan fingerprint density at radius 2 is 0.586 bits per heavy atom. The number of carbonyl (C=O) groups is 3. The molecule has 0 heterocycles. The largest absolute Gasteiger partial charge is 0.462 e. The number of rotatable bonds is 50. The minimum absolute atomic E-state index is 0.124. The van der Waals surface area contributed by atoms with Crippen LogP contribution in [0, 0.1) is 0 Å².